The topological polar surface area (TPSA) is 98.5 Å². The van der Waals surface area contributed by atoms with Gasteiger partial charge in [-0.25, -0.2) is 4.98 Å². The number of pyridine rings is 1. The van der Waals surface area contributed by atoms with Crippen molar-refractivity contribution in [2.45, 2.75) is 13.8 Å². The molecule has 3 heterocycles. The highest BCUT2D eigenvalue weighted by Crippen LogP contribution is 2.48. The lowest BCUT2D eigenvalue weighted by Crippen LogP contribution is -2.16. The van der Waals surface area contributed by atoms with E-state index in [9.17, 15) is 10.1 Å². The van der Waals surface area contributed by atoms with Crippen LogP contribution in [0.4, 0.5) is 0 Å². The molecule has 1 aromatic carbocycles. The van der Waals surface area contributed by atoms with Gasteiger partial charge in [0.05, 0.1) is 36.9 Å². The maximum absolute atomic E-state index is 12.4. The van der Waals surface area contributed by atoms with E-state index in [1.807, 2.05) is 6.07 Å². The van der Waals surface area contributed by atoms with Gasteiger partial charge >= 0.3 is 0 Å². The van der Waals surface area contributed by atoms with E-state index in [0.29, 0.717) is 56.0 Å². The number of fused-ring (bicyclic) bond motifs is 4. The number of hydrogen-bond donors (Lipinski definition) is 0. The molecule has 0 saturated heterocycles. The summed E-state index contributed by atoms with van der Waals surface area (Å²) in [6.07, 6.45) is 1.52. The molecule has 0 spiro atoms. The van der Waals surface area contributed by atoms with E-state index < -0.39 is 5.56 Å². The second-order valence-electron chi connectivity index (χ2n) is 5.84. The normalized spacial score (nSPS) is 11.2. The van der Waals surface area contributed by atoms with Crippen LogP contribution in [0.5, 0.6) is 11.5 Å². The second kappa shape index (κ2) is 5.49. The number of nitrogens with zero attached hydrogens (tertiary/aromatic N) is 2. The van der Waals surface area contributed by atoms with E-state index in [2.05, 4.69) is 4.98 Å². The highest BCUT2D eigenvalue weighted by molar-refractivity contribution is 6.12. The van der Waals surface area contributed by atoms with E-state index >= 15 is 0 Å². The average Bonchev–Trinajstić information content (AvgIpc) is 3.09. The molecule has 2 aliphatic rings. The van der Waals surface area contributed by atoms with Crippen LogP contribution in [-0.2, 0) is 0 Å². The van der Waals surface area contributed by atoms with Crippen molar-refractivity contribution in [3.8, 4) is 28.8 Å². The smallest absolute Gasteiger partial charge is 0.288 e. The third-order valence-corrected chi connectivity index (χ3v) is 4.55. The fourth-order valence-electron chi connectivity index (χ4n) is 3.45. The molecule has 0 aliphatic carbocycles. The molecule has 7 heteroatoms. The average molecular weight is 350 g/mol. The zero-order valence-electron chi connectivity index (χ0n) is 14.6. The Hall–Kier alpha value is -3.53. The van der Waals surface area contributed by atoms with Crippen LogP contribution in [-0.4, -0.2) is 19.2 Å². The molecule has 2 aromatic rings. The Morgan fingerprint density at radius 3 is 2.54 bits per heavy atom. The van der Waals surface area contributed by atoms with E-state index in [1.165, 1.54) is 20.5 Å². The number of rotatable bonds is 2. The van der Waals surface area contributed by atoms with Crippen LogP contribution in [0.1, 0.15) is 16.9 Å². The Balaban J connectivity index is 2.39. The number of furan rings is 1. The minimum atomic E-state index is -0.585. The standard InChI is InChI=1S/C19H14N2O5/c1-8-11(7-20)19(22)21-14-12(8)9(2)26-17-13(14)15(23-3)10-5-6-25-16(10)18(17)24-4/h5-6H,1-4H3. The van der Waals surface area contributed by atoms with Crippen molar-refractivity contribution in [2.24, 2.45) is 0 Å². The molecule has 0 bridgehead atoms. The molecule has 0 unspecified atom stereocenters. The van der Waals surface area contributed by atoms with Gasteiger partial charge in [-0.2, -0.15) is 5.26 Å². The molecular formula is C19H14N2O5. The fraction of sp³-hybridized carbons (Fsp3) is 0.211. The molecule has 4 rings (SSSR count). The first kappa shape index (κ1) is 16.0. The quantitative estimate of drug-likeness (QED) is 0.510. The largest absolute Gasteiger partial charge is 0.495 e. The summed E-state index contributed by atoms with van der Waals surface area (Å²) in [6, 6.07) is 3.67. The van der Waals surface area contributed by atoms with Gasteiger partial charge in [-0.05, 0) is 25.5 Å². The lowest BCUT2D eigenvalue weighted by molar-refractivity contribution is 0.399. The van der Waals surface area contributed by atoms with Gasteiger partial charge < -0.3 is 18.3 Å². The van der Waals surface area contributed by atoms with Gasteiger partial charge in [0.1, 0.15) is 23.1 Å². The lowest BCUT2D eigenvalue weighted by atomic mass is 9.95. The molecule has 0 saturated carbocycles. The monoisotopic (exact) mass is 350 g/mol. The summed E-state index contributed by atoms with van der Waals surface area (Å²) >= 11 is 0. The molecule has 130 valence electrons. The summed E-state index contributed by atoms with van der Waals surface area (Å²) in [5, 5.41) is 10.5. The molecule has 26 heavy (non-hydrogen) atoms. The van der Waals surface area contributed by atoms with E-state index in [4.69, 9.17) is 18.3 Å². The molecule has 2 aliphatic heterocycles. The lowest BCUT2D eigenvalue weighted by Gasteiger charge is -2.18. The number of nitriles is 1. The fourth-order valence-corrected chi connectivity index (χ4v) is 3.45. The van der Waals surface area contributed by atoms with Gasteiger partial charge in [0.25, 0.3) is 5.56 Å². The SMILES string of the molecule is COc1c2occc2c(OC)c2c3nc(=O)c(C#N)c(C)c-3c(C)oc12. The molecule has 0 fully saturated rings. The number of hydrogen-bond acceptors (Lipinski definition) is 7. The van der Waals surface area contributed by atoms with Gasteiger partial charge in [0.2, 0.25) is 5.75 Å². The van der Waals surface area contributed by atoms with Crippen LogP contribution in [0.3, 0.4) is 0 Å². The number of methoxy groups -OCH3 is 2. The van der Waals surface area contributed by atoms with Crippen molar-refractivity contribution in [3.05, 3.63) is 39.6 Å². The van der Waals surface area contributed by atoms with Crippen LogP contribution in [0.15, 0.2) is 26.0 Å². The Bertz CT molecular complexity index is 1260. The molecule has 7 nitrogen and oxygen atoms in total. The molecule has 0 N–H and O–H groups in total. The summed E-state index contributed by atoms with van der Waals surface area (Å²) in [5.41, 5.74) is 1.81. The van der Waals surface area contributed by atoms with E-state index in [0.717, 1.165) is 0 Å². The van der Waals surface area contributed by atoms with Gasteiger partial charge in [-0.15, -0.1) is 0 Å². The Morgan fingerprint density at radius 2 is 1.88 bits per heavy atom. The summed E-state index contributed by atoms with van der Waals surface area (Å²) in [4.78, 5) is 16.5. The first-order valence-electron chi connectivity index (χ1n) is 7.82. The van der Waals surface area contributed by atoms with Crippen molar-refractivity contribution in [1.29, 1.82) is 5.26 Å². The van der Waals surface area contributed by atoms with E-state index in [1.54, 1.807) is 19.9 Å². The highest BCUT2D eigenvalue weighted by Gasteiger charge is 2.28. The van der Waals surface area contributed by atoms with Crippen LogP contribution in [0.2, 0.25) is 0 Å². The summed E-state index contributed by atoms with van der Waals surface area (Å²) < 4.78 is 22.7. The number of benzene rings is 1. The summed E-state index contributed by atoms with van der Waals surface area (Å²) in [7, 11) is 3.03. The van der Waals surface area contributed by atoms with Crippen molar-refractivity contribution < 1.29 is 18.3 Å². The van der Waals surface area contributed by atoms with Gasteiger partial charge in [0, 0.05) is 5.56 Å². The summed E-state index contributed by atoms with van der Waals surface area (Å²) in [5.74, 6) is 1.37. The maximum Gasteiger partial charge on any atom is 0.288 e. The first-order chi connectivity index (χ1) is 12.5. The van der Waals surface area contributed by atoms with Gasteiger partial charge in [-0.1, -0.05) is 0 Å². The molecule has 0 radical (unpaired) electrons. The van der Waals surface area contributed by atoms with Crippen molar-refractivity contribution >= 4 is 21.9 Å². The Morgan fingerprint density at radius 1 is 1.15 bits per heavy atom. The van der Waals surface area contributed by atoms with Gasteiger partial charge in [0.15, 0.2) is 11.2 Å². The van der Waals surface area contributed by atoms with Crippen LogP contribution >= 0.6 is 0 Å². The summed E-state index contributed by atoms with van der Waals surface area (Å²) in [6.45, 7) is 3.46. The molecular weight excluding hydrogens is 336 g/mol. The van der Waals surface area contributed by atoms with Crippen molar-refractivity contribution in [1.82, 2.24) is 4.98 Å². The van der Waals surface area contributed by atoms with Gasteiger partial charge in [-0.3, -0.25) is 4.79 Å². The minimum absolute atomic E-state index is 0.00507. The number of ether oxygens (including phenoxy) is 2. The predicted molar refractivity (Wildman–Crippen MR) is 94.0 cm³/mol. The number of aryl methyl sites for hydroxylation is 1. The Labute approximate surface area is 147 Å². The maximum atomic E-state index is 12.4. The van der Waals surface area contributed by atoms with Crippen LogP contribution in [0.25, 0.3) is 33.2 Å². The van der Waals surface area contributed by atoms with Crippen molar-refractivity contribution in [2.75, 3.05) is 14.2 Å². The van der Waals surface area contributed by atoms with Crippen LogP contribution in [0, 0.1) is 25.2 Å². The minimum Gasteiger partial charge on any atom is -0.495 e. The van der Waals surface area contributed by atoms with Crippen LogP contribution < -0.4 is 15.0 Å². The zero-order valence-corrected chi connectivity index (χ0v) is 14.6. The predicted octanol–water partition coefficient (Wildman–Crippen LogP) is 3.54. The first-order valence-corrected chi connectivity index (χ1v) is 7.82. The molecule has 0 atom stereocenters. The Kier molecular flexibility index (Phi) is 3.37. The zero-order chi connectivity index (χ0) is 18.6. The molecule has 1 aromatic heterocycles. The third kappa shape index (κ3) is 1.87. The highest BCUT2D eigenvalue weighted by atomic mass is 16.5. The third-order valence-electron chi connectivity index (χ3n) is 4.55. The number of aromatic nitrogens is 1. The van der Waals surface area contributed by atoms with Crippen molar-refractivity contribution in [3.63, 3.8) is 0 Å². The van der Waals surface area contributed by atoms with E-state index in [-0.39, 0.29) is 5.56 Å². The second-order valence-corrected chi connectivity index (χ2v) is 5.84. The molecule has 0 amide bonds.